The van der Waals surface area contributed by atoms with Gasteiger partial charge in [-0.15, -0.1) is 0 Å². The number of nitrogens with one attached hydrogen (secondary N) is 1. The van der Waals surface area contributed by atoms with Crippen LogP contribution in [0.2, 0.25) is 0 Å². The predicted molar refractivity (Wildman–Crippen MR) is 122 cm³/mol. The van der Waals surface area contributed by atoms with Crippen LogP contribution >= 0.6 is 0 Å². The Morgan fingerprint density at radius 2 is 1.68 bits per heavy atom. The van der Waals surface area contributed by atoms with Crippen LogP contribution in [0.4, 0.5) is 5.69 Å². The lowest BCUT2D eigenvalue weighted by molar-refractivity contribution is -0.118. The third kappa shape index (κ3) is 3.90. The summed E-state index contributed by atoms with van der Waals surface area (Å²) < 4.78 is 0. The Morgan fingerprint density at radius 3 is 2.58 bits per heavy atom. The van der Waals surface area contributed by atoms with E-state index in [0.29, 0.717) is 19.5 Å². The Balaban J connectivity index is 1.66. The fourth-order valence-electron chi connectivity index (χ4n) is 4.20. The number of rotatable bonds is 3. The lowest BCUT2D eigenvalue weighted by Crippen LogP contribution is -2.32. The van der Waals surface area contributed by atoms with Crippen LogP contribution in [0.15, 0.2) is 73.4 Å². The number of nitrogens with zero attached hydrogens (tertiary/aromatic N) is 4. The minimum Gasteiger partial charge on any atom is -0.316 e. The van der Waals surface area contributed by atoms with Crippen molar-refractivity contribution in [2.45, 2.75) is 19.4 Å². The van der Waals surface area contributed by atoms with Gasteiger partial charge in [-0.05, 0) is 30.0 Å². The second kappa shape index (κ2) is 8.62. The molecule has 0 saturated carbocycles. The lowest BCUT2D eigenvalue weighted by atomic mass is 9.98. The van der Waals surface area contributed by atoms with Crippen molar-refractivity contribution >= 4 is 22.4 Å². The van der Waals surface area contributed by atoms with Crippen molar-refractivity contribution in [3.8, 4) is 11.1 Å². The number of pyridine rings is 1. The molecule has 5 rings (SSSR count). The molecule has 0 fully saturated rings. The second-order valence-electron chi connectivity index (χ2n) is 7.65. The Bertz CT molecular complexity index is 1230. The minimum absolute atomic E-state index is 0.0899. The Hall–Kier alpha value is -3.64. The number of para-hydroxylation sites is 1. The van der Waals surface area contributed by atoms with Crippen LogP contribution in [0.1, 0.15) is 17.7 Å². The number of carbonyl (C=O) groups is 1. The van der Waals surface area contributed by atoms with Gasteiger partial charge >= 0.3 is 0 Å². The van der Waals surface area contributed by atoms with Gasteiger partial charge in [0.15, 0.2) is 0 Å². The molecule has 0 atom stereocenters. The number of benzene rings is 2. The molecule has 2 aromatic carbocycles. The van der Waals surface area contributed by atoms with Gasteiger partial charge in [0.2, 0.25) is 5.91 Å². The van der Waals surface area contributed by atoms with E-state index in [0.717, 1.165) is 51.8 Å². The predicted octanol–water partition coefficient (Wildman–Crippen LogP) is 3.76. The molecule has 1 aliphatic rings. The largest absolute Gasteiger partial charge is 0.316 e. The molecule has 0 unspecified atom stereocenters. The van der Waals surface area contributed by atoms with Crippen LogP contribution in [0.25, 0.3) is 21.9 Å². The fraction of sp³-hybridized carbons (Fsp3) is 0.200. The summed E-state index contributed by atoms with van der Waals surface area (Å²) in [6, 6.07) is 16.3. The van der Waals surface area contributed by atoms with E-state index in [1.54, 1.807) is 12.4 Å². The average Bonchev–Trinajstić information content (AvgIpc) is 2.89. The van der Waals surface area contributed by atoms with Crippen LogP contribution in [0.5, 0.6) is 0 Å². The first-order valence-corrected chi connectivity index (χ1v) is 10.5. The maximum absolute atomic E-state index is 13.2. The van der Waals surface area contributed by atoms with Crippen LogP contribution < -0.4 is 10.2 Å². The average molecular weight is 409 g/mol. The zero-order chi connectivity index (χ0) is 21.0. The van der Waals surface area contributed by atoms with E-state index >= 15 is 0 Å². The van der Waals surface area contributed by atoms with Crippen molar-refractivity contribution in [2.75, 3.05) is 18.0 Å². The van der Waals surface area contributed by atoms with Crippen molar-refractivity contribution in [1.82, 2.24) is 20.3 Å². The van der Waals surface area contributed by atoms with E-state index in [1.165, 1.54) is 6.33 Å². The van der Waals surface area contributed by atoms with Crippen LogP contribution in [-0.2, 0) is 17.8 Å². The highest BCUT2D eigenvalue weighted by atomic mass is 16.2. The molecule has 0 radical (unpaired) electrons. The standard InChI is InChI=1S/C25H23N5O/c31-24-10-12-26-11-9-18-5-2-4-8-23(18)30(24)16-22-25(20-13-27-17-28-14-20)21-7-3-1-6-19(21)15-29-22/h1-8,13-15,17,26H,9-12,16H2. The van der Waals surface area contributed by atoms with Crippen molar-refractivity contribution < 1.29 is 4.79 Å². The molecule has 4 aromatic rings. The molecule has 1 amide bonds. The quantitative estimate of drug-likeness (QED) is 0.558. The van der Waals surface area contributed by atoms with E-state index in [2.05, 4.69) is 27.4 Å². The van der Waals surface area contributed by atoms with Gasteiger partial charge in [-0.3, -0.25) is 9.78 Å². The van der Waals surface area contributed by atoms with Gasteiger partial charge in [0.25, 0.3) is 0 Å². The molecule has 6 nitrogen and oxygen atoms in total. The number of carbonyl (C=O) groups excluding carboxylic acids is 1. The van der Waals surface area contributed by atoms with Crippen molar-refractivity contribution in [3.05, 3.63) is 84.7 Å². The maximum Gasteiger partial charge on any atom is 0.228 e. The van der Waals surface area contributed by atoms with Crippen molar-refractivity contribution in [3.63, 3.8) is 0 Å². The van der Waals surface area contributed by atoms with Gasteiger partial charge in [-0.2, -0.15) is 0 Å². The fourth-order valence-corrected chi connectivity index (χ4v) is 4.20. The highest BCUT2D eigenvalue weighted by Crippen LogP contribution is 2.32. The summed E-state index contributed by atoms with van der Waals surface area (Å²) in [6.07, 6.45) is 8.34. The SMILES string of the molecule is O=C1CCNCCc2ccccc2N1Cc1ncc2ccccc2c1-c1cncnc1. The summed E-state index contributed by atoms with van der Waals surface area (Å²) in [7, 11) is 0. The minimum atomic E-state index is 0.0899. The zero-order valence-electron chi connectivity index (χ0n) is 17.2. The normalized spacial score (nSPS) is 14.6. The van der Waals surface area contributed by atoms with Crippen molar-refractivity contribution in [2.24, 2.45) is 0 Å². The lowest BCUT2D eigenvalue weighted by Gasteiger charge is -2.26. The van der Waals surface area contributed by atoms with Gasteiger partial charge in [0.05, 0.1) is 12.2 Å². The zero-order valence-corrected chi connectivity index (χ0v) is 17.2. The molecule has 2 aromatic heterocycles. The monoisotopic (exact) mass is 409 g/mol. The smallest absolute Gasteiger partial charge is 0.228 e. The third-order valence-corrected chi connectivity index (χ3v) is 5.71. The molecule has 31 heavy (non-hydrogen) atoms. The van der Waals surface area contributed by atoms with Gasteiger partial charge in [-0.1, -0.05) is 42.5 Å². The van der Waals surface area contributed by atoms with Gasteiger partial charge < -0.3 is 10.2 Å². The number of anilines is 1. The molecular formula is C25H23N5O. The van der Waals surface area contributed by atoms with Crippen LogP contribution in [0, 0.1) is 0 Å². The van der Waals surface area contributed by atoms with E-state index in [4.69, 9.17) is 4.98 Å². The summed E-state index contributed by atoms with van der Waals surface area (Å²) >= 11 is 0. The number of fused-ring (bicyclic) bond motifs is 2. The topological polar surface area (TPSA) is 71.0 Å². The molecule has 1 aliphatic heterocycles. The Kier molecular flexibility index (Phi) is 5.37. The molecule has 0 spiro atoms. The number of aromatic nitrogens is 3. The van der Waals surface area contributed by atoms with E-state index < -0.39 is 0 Å². The van der Waals surface area contributed by atoms with E-state index in [1.807, 2.05) is 47.5 Å². The molecule has 3 heterocycles. The summed E-state index contributed by atoms with van der Waals surface area (Å²) in [5.74, 6) is 0.0899. The van der Waals surface area contributed by atoms with Gasteiger partial charge in [-0.25, -0.2) is 9.97 Å². The van der Waals surface area contributed by atoms with Gasteiger partial charge in [0.1, 0.15) is 6.33 Å². The Morgan fingerprint density at radius 1 is 0.903 bits per heavy atom. The highest BCUT2D eigenvalue weighted by Gasteiger charge is 2.23. The van der Waals surface area contributed by atoms with Crippen LogP contribution in [-0.4, -0.2) is 33.9 Å². The molecule has 1 N–H and O–H groups in total. The second-order valence-corrected chi connectivity index (χ2v) is 7.65. The molecule has 0 aliphatic carbocycles. The van der Waals surface area contributed by atoms with E-state index in [9.17, 15) is 4.79 Å². The first kappa shape index (κ1) is 19.3. The number of hydrogen-bond donors (Lipinski definition) is 1. The molecule has 6 heteroatoms. The number of amides is 1. The molecule has 154 valence electrons. The first-order valence-electron chi connectivity index (χ1n) is 10.5. The highest BCUT2D eigenvalue weighted by molar-refractivity contribution is 5.98. The van der Waals surface area contributed by atoms with E-state index in [-0.39, 0.29) is 5.91 Å². The first-order chi connectivity index (χ1) is 15.3. The summed E-state index contributed by atoms with van der Waals surface area (Å²) in [4.78, 5) is 28.3. The summed E-state index contributed by atoms with van der Waals surface area (Å²) in [6.45, 7) is 1.93. The number of hydrogen-bond acceptors (Lipinski definition) is 5. The summed E-state index contributed by atoms with van der Waals surface area (Å²) in [5, 5.41) is 5.49. The Labute approximate surface area is 181 Å². The molecule has 0 saturated heterocycles. The molecular weight excluding hydrogens is 386 g/mol. The molecule has 0 bridgehead atoms. The third-order valence-electron chi connectivity index (χ3n) is 5.71. The summed E-state index contributed by atoms with van der Waals surface area (Å²) in [5.41, 5.74) is 4.83. The maximum atomic E-state index is 13.2. The van der Waals surface area contributed by atoms with Gasteiger partial charge in [0, 0.05) is 53.8 Å². The van der Waals surface area contributed by atoms with Crippen molar-refractivity contribution in [1.29, 1.82) is 0 Å². The van der Waals surface area contributed by atoms with Crippen LogP contribution in [0.3, 0.4) is 0 Å².